The molecule has 1 atom stereocenters. The Hall–Kier alpha value is -2.28. The summed E-state index contributed by atoms with van der Waals surface area (Å²) in [4.78, 5) is 17.9. The van der Waals surface area contributed by atoms with Crippen molar-refractivity contribution >= 4 is 23.5 Å². The van der Waals surface area contributed by atoms with Crippen molar-refractivity contribution in [3.63, 3.8) is 0 Å². The Labute approximate surface area is 176 Å². The molecule has 0 bridgehead atoms. The lowest BCUT2D eigenvalue weighted by molar-refractivity contribution is -0.118. The summed E-state index contributed by atoms with van der Waals surface area (Å²) in [6.07, 6.45) is 2.34. The van der Waals surface area contributed by atoms with Crippen LogP contribution >= 0.6 is 11.8 Å². The summed E-state index contributed by atoms with van der Waals surface area (Å²) in [5, 5.41) is 8.86. The molecule has 0 saturated heterocycles. The molecule has 1 N–H and O–H groups in total. The normalized spacial score (nSPS) is 20.1. The number of hydrogen-bond acceptors (Lipinski definition) is 6. The monoisotopic (exact) mass is 412 g/mol. The number of nitrogens with one attached hydrogen (secondary N) is 1. The third-order valence-corrected chi connectivity index (χ3v) is 5.97. The fourth-order valence-electron chi connectivity index (χ4n) is 4.05. The molecule has 0 fully saturated rings. The fraction of sp³-hybridized carbons (Fsp3) is 0.500. The average Bonchev–Trinajstić information content (AvgIpc) is 3.06. The highest BCUT2D eigenvalue weighted by atomic mass is 32.2. The van der Waals surface area contributed by atoms with E-state index in [0.29, 0.717) is 19.0 Å². The van der Waals surface area contributed by atoms with Gasteiger partial charge in [-0.1, -0.05) is 51.6 Å². The summed E-state index contributed by atoms with van der Waals surface area (Å²) < 4.78 is 7.60. The van der Waals surface area contributed by atoms with Gasteiger partial charge in [0.25, 0.3) is 0 Å². The van der Waals surface area contributed by atoms with Crippen molar-refractivity contribution in [3.8, 4) is 5.75 Å². The first-order chi connectivity index (χ1) is 13.9. The second-order valence-electron chi connectivity index (χ2n) is 8.37. The number of anilines is 1. The van der Waals surface area contributed by atoms with Gasteiger partial charge in [0.15, 0.2) is 5.78 Å². The molecule has 4 rings (SSSR count). The second kappa shape index (κ2) is 7.86. The van der Waals surface area contributed by atoms with Gasteiger partial charge in [-0.15, -0.1) is 5.10 Å². The summed E-state index contributed by atoms with van der Waals surface area (Å²) in [6, 6.07) is 7.77. The Bertz CT molecular complexity index is 946. The summed E-state index contributed by atoms with van der Waals surface area (Å²) in [7, 11) is 0. The minimum Gasteiger partial charge on any atom is -0.494 e. The maximum atomic E-state index is 13.2. The van der Waals surface area contributed by atoms with Crippen LogP contribution in [0.1, 0.15) is 58.6 Å². The lowest BCUT2D eigenvalue weighted by Gasteiger charge is -2.38. The molecule has 0 radical (unpaired) electrons. The first-order valence-corrected chi connectivity index (χ1v) is 11.3. The maximum Gasteiger partial charge on any atom is 0.227 e. The molecular formula is C22H28N4O2S. The third kappa shape index (κ3) is 3.92. The zero-order valence-corrected chi connectivity index (χ0v) is 18.3. The van der Waals surface area contributed by atoms with E-state index in [1.165, 1.54) is 0 Å². The summed E-state index contributed by atoms with van der Waals surface area (Å²) >= 11 is 1.60. The molecule has 2 aromatic rings. The van der Waals surface area contributed by atoms with Gasteiger partial charge in [-0.2, -0.15) is 4.98 Å². The number of rotatable bonds is 6. The number of nitrogens with zero attached hydrogens (tertiary/aromatic N) is 3. The van der Waals surface area contributed by atoms with Crippen molar-refractivity contribution in [2.75, 3.05) is 17.7 Å². The van der Waals surface area contributed by atoms with Crippen molar-refractivity contribution in [3.05, 3.63) is 41.1 Å². The summed E-state index contributed by atoms with van der Waals surface area (Å²) in [5.74, 6) is 2.64. The zero-order valence-electron chi connectivity index (χ0n) is 17.5. The van der Waals surface area contributed by atoms with E-state index >= 15 is 0 Å². The van der Waals surface area contributed by atoms with Crippen LogP contribution in [0, 0.1) is 5.41 Å². The highest BCUT2D eigenvalue weighted by Crippen LogP contribution is 2.45. The van der Waals surface area contributed by atoms with Crippen LogP contribution in [0.15, 0.2) is 40.7 Å². The quantitative estimate of drug-likeness (QED) is 0.685. The van der Waals surface area contributed by atoms with Crippen LogP contribution in [0.2, 0.25) is 0 Å². The van der Waals surface area contributed by atoms with Gasteiger partial charge in [0.05, 0.1) is 6.61 Å². The number of carbonyl (C=O) groups excluding carboxylic acids is 1. The smallest absolute Gasteiger partial charge is 0.227 e. The number of ether oxygens (including phenoxy) is 1. The van der Waals surface area contributed by atoms with Gasteiger partial charge in [-0.25, -0.2) is 4.68 Å². The number of thioether (sulfide) groups is 1. The van der Waals surface area contributed by atoms with Crippen LogP contribution in [-0.2, 0) is 4.79 Å². The van der Waals surface area contributed by atoms with Gasteiger partial charge in [0, 0.05) is 17.7 Å². The molecule has 0 saturated carbocycles. The Balaban J connectivity index is 1.78. The number of allylic oxidation sites excluding steroid dienone is 2. The van der Waals surface area contributed by atoms with Gasteiger partial charge in [0.2, 0.25) is 11.1 Å². The molecule has 154 valence electrons. The van der Waals surface area contributed by atoms with Crippen LogP contribution in [-0.4, -0.2) is 32.9 Å². The van der Waals surface area contributed by atoms with E-state index in [4.69, 9.17) is 9.84 Å². The van der Waals surface area contributed by atoms with Crippen molar-refractivity contribution in [1.29, 1.82) is 0 Å². The van der Waals surface area contributed by atoms with Crippen LogP contribution in [0.3, 0.4) is 0 Å². The van der Waals surface area contributed by atoms with Crippen molar-refractivity contribution in [2.24, 2.45) is 5.41 Å². The molecule has 2 aliphatic rings. The van der Waals surface area contributed by atoms with Gasteiger partial charge in [0.1, 0.15) is 11.8 Å². The Morgan fingerprint density at radius 2 is 2.00 bits per heavy atom. The first kappa shape index (κ1) is 20.0. The molecular weight excluding hydrogens is 384 g/mol. The average molecular weight is 413 g/mol. The van der Waals surface area contributed by atoms with Crippen LogP contribution < -0.4 is 10.1 Å². The standard InChI is InChI=1S/C22H28N4O2S/c1-5-11-28-15-9-7-14(8-10-15)19-18-16(12-22(3,4)13-17(18)27)23-20-24-21(29-6-2)25-26(19)20/h7-10,19H,5-6,11-13H2,1-4H3,(H,23,24,25). The molecule has 0 amide bonds. The van der Waals surface area contributed by atoms with Crippen molar-refractivity contribution in [2.45, 2.75) is 58.2 Å². The predicted octanol–water partition coefficient (Wildman–Crippen LogP) is 4.84. The number of ketones is 1. The number of carbonyl (C=O) groups is 1. The molecule has 1 aliphatic carbocycles. The Morgan fingerprint density at radius 3 is 2.69 bits per heavy atom. The lowest BCUT2D eigenvalue weighted by Crippen LogP contribution is -2.36. The largest absolute Gasteiger partial charge is 0.494 e. The Morgan fingerprint density at radius 1 is 1.24 bits per heavy atom. The van der Waals surface area contributed by atoms with Crippen LogP contribution in [0.4, 0.5) is 5.95 Å². The summed E-state index contributed by atoms with van der Waals surface area (Å²) in [5.41, 5.74) is 2.76. The van der Waals surface area contributed by atoms with Crippen molar-refractivity contribution in [1.82, 2.24) is 14.8 Å². The van der Waals surface area contributed by atoms with Crippen LogP contribution in [0.5, 0.6) is 5.75 Å². The number of hydrogen-bond donors (Lipinski definition) is 1. The number of benzene rings is 1. The van der Waals surface area contributed by atoms with Gasteiger partial charge in [-0.05, 0) is 41.7 Å². The van der Waals surface area contributed by atoms with E-state index in [9.17, 15) is 4.79 Å². The van der Waals surface area contributed by atoms with E-state index in [2.05, 4.69) is 38.0 Å². The predicted molar refractivity (Wildman–Crippen MR) is 115 cm³/mol. The SMILES string of the molecule is CCCOc1ccc(C2C3=C(CC(C)(C)CC3=O)Nc3nc(SCC)nn32)cc1. The summed E-state index contributed by atoms with van der Waals surface area (Å²) in [6.45, 7) is 9.15. The molecule has 2 heterocycles. The molecule has 1 aromatic heterocycles. The molecule has 7 heteroatoms. The van der Waals surface area contributed by atoms with Crippen molar-refractivity contribution < 1.29 is 9.53 Å². The van der Waals surface area contributed by atoms with E-state index in [1.54, 1.807) is 11.8 Å². The molecule has 6 nitrogen and oxygen atoms in total. The molecule has 0 spiro atoms. The van der Waals surface area contributed by atoms with E-state index < -0.39 is 0 Å². The van der Waals surface area contributed by atoms with Gasteiger partial charge >= 0.3 is 0 Å². The topological polar surface area (TPSA) is 69.0 Å². The highest BCUT2D eigenvalue weighted by molar-refractivity contribution is 7.99. The molecule has 1 aromatic carbocycles. The third-order valence-electron chi connectivity index (χ3n) is 5.25. The number of aromatic nitrogens is 3. The zero-order chi connectivity index (χ0) is 20.6. The second-order valence-corrected chi connectivity index (χ2v) is 9.60. The van der Waals surface area contributed by atoms with Gasteiger partial charge < -0.3 is 10.1 Å². The first-order valence-electron chi connectivity index (χ1n) is 10.3. The molecule has 1 unspecified atom stereocenters. The van der Waals surface area contributed by atoms with Crippen LogP contribution in [0.25, 0.3) is 0 Å². The minimum atomic E-state index is -0.260. The number of Topliss-reactive ketones (excluding diaryl/α,β-unsaturated/α-hetero) is 1. The fourth-order valence-corrected chi connectivity index (χ4v) is 4.61. The number of fused-ring (bicyclic) bond motifs is 1. The molecule has 1 aliphatic heterocycles. The molecule has 29 heavy (non-hydrogen) atoms. The maximum absolute atomic E-state index is 13.2. The Kier molecular flexibility index (Phi) is 5.42. The van der Waals surface area contributed by atoms with E-state index in [0.717, 1.165) is 46.3 Å². The highest BCUT2D eigenvalue weighted by Gasteiger charge is 2.41. The lowest BCUT2D eigenvalue weighted by atomic mass is 9.73. The van der Waals surface area contributed by atoms with Gasteiger partial charge in [-0.3, -0.25) is 4.79 Å². The minimum absolute atomic E-state index is 0.0610. The van der Waals surface area contributed by atoms with E-state index in [-0.39, 0.29) is 17.2 Å². The van der Waals surface area contributed by atoms with E-state index in [1.807, 2.05) is 28.9 Å².